The largest absolute Gasteiger partial charge is 0.318 e. The third kappa shape index (κ3) is 3.78. The molecule has 6 nitrogen and oxygen atoms in total. The highest BCUT2D eigenvalue weighted by Gasteiger charge is 2.36. The first-order valence-electron chi connectivity index (χ1n) is 10.4. The molecule has 2 aliphatic heterocycles. The van der Waals surface area contributed by atoms with Gasteiger partial charge < -0.3 is 4.57 Å². The number of hydrogen-bond donors (Lipinski definition) is 1. The van der Waals surface area contributed by atoms with E-state index in [1.165, 1.54) is 28.9 Å². The number of nitrogens with one attached hydrogen (secondary N) is 1. The molecule has 1 aromatic heterocycles. The number of aromatic nitrogens is 1. The molecular formula is C25H19ClFN5OS. The van der Waals surface area contributed by atoms with E-state index in [-0.39, 0.29) is 17.2 Å². The molecule has 3 aromatic rings. The fourth-order valence-electron chi connectivity index (χ4n) is 4.03. The van der Waals surface area contributed by atoms with Crippen molar-refractivity contribution in [3.8, 4) is 5.69 Å². The molecule has 2 aromatic carbocycles. The van der Waals surface area contributed by atoms with E-state index in [0.29, 0.717) is 20.8 Å². The number of nitrogens with zero attached hydrogens (tertiary/aromatic N) is 4. The molecule has 3 heterocycles. The number of carbonyl (C=O) groups excluding carboxylic acids is 1. The second-order valence-electron chi connectivity index (χ2n) is 8.02. The highest BCUT2D eigenvalue weighted by Crippen LogP contribution is 2.32. The third-order valence-electron chi connectivity index (χ3n) is 5.72. The van der Waals surface area contributed by atoms with Gasteiger partial charge in [-0.3, -0.25) is 10.2 Å². The summed E-state index contributed by atoms with van der Waals surface area (Å²) in [6, 6.07) is 13.6. The Hall–Kier alpha value is -3.49. The maximum absolute atomic E-state index is 13.3. The van der Waals surface area contributed by atoms with Crippen molar-refractivity contribution < 1.29 is 9.18 Å². The van der Waals surface area contributed by atoms with Gasteiger partial charge in [-0.15, -0.1) is 0 Å². The predicted octanol–water partition coefficient (Wildman–Crippen LogP) is 5.86. The van der Waals surface area contributed by atoms with E-state index < -0.39 is 5.91 Å². The molecule has 0 aliphatic carbocycles. The van der Waals surface area contributed by atoms with Crippen LogP contribution in [0.5, 0.6) is 0 Å². The molecule has 2 aliphatic rings. The summed E-state index contributed by atoms with van der Waals surface area (Å²) >= 11 is 7.30. The molecule has 34 heavy (non-hydrogen) atoms. The molecule has 170 valence electrons. The monoisotopic (exact) mass is 491 g/mol. The highest BCUT2D eigenvalue weighted by atomic mass is 35.5. The van der Waals surface area contributed by atoms with Crippen molar-refractivity contribution in [1.29, 1.82) is 5.41 Å². The van der Waals surface area contributed by atoms with Crippen LogP contribution in [0.3, 0.4) is 0 Å². The van der Waals surface area contributed by atoms with E-state index in [0.717, 1.165) is 28.2 Å². The average Bonchev–Trinajstić information content (AvgIpc) is 3.33. The molecule has 0 spiro atoms. The van der Waals surface area contributed by atoms with Crippen LogP contribution in [0.4, 0.5) is 4.39 Å². The number of hydrazone groups is 1. The Kier molecular flexibility index (Phi) is 5.50. The van der Waals surface area contributed by atoms with Crippen LogP contribution in [0, 0.1) is 32.0 Å². The van der Waals surface area contributed by atoms with E-state index in [1.807, 2.05) is 45.0 Å². The molecule has 1 N–H and O–H groups in total. The van der Waals surface area contributed by atoms with Gasteiger partial charge in [-0.05, 0) is 98.3 Å². The summed E-state index contributed by atoms with van der Waals surface area (Å²) in [5.74, 6) is -0.888. The fraction of sp³-hybridized carbons (Fsp3) is 0.120. The van der Waals surface area contributed by atoms with Gasteiger partial charge in [-0.2, -0.15) is 15.1 Å². The summed E-state index contributed by atoms with van der Waals surface area (Å²) in [4.78, 5) is 17.0. The van der Waals surface area contributed by atoms with Gasteiger partial charge in [0.25, 0.3) is 5.91 Å². The van der Waals surface area contributed by atoms with Crippen molar-refractivity contribution in [2.45, 2.75) is 20.8 Å². The summed E-state index contributed by atoms with van der Waals surface area (Å²) in [6.07, 6.45) is 1.69. The van der Waals surface area contributed by atoms with Gasteiger partial charge in [0.15, 0.2) is 5.84 Å². The molecule has 0 saturated heterocycles. The second kappa shape index (κ2) is 8.38. The van der Waals surface area contributed by atoms with Crippen molar-refractivity contribution in [3.05, 3.63) is 93.0 Å². The normalized spacial score (nSPS) is 16.7. The average molecular weight is 492 g/mol. The molecule has 0 saturated carbocycles. The third-order valence-corrected chi connectivity index (χ3v) is 6.91. The fourth-order valence-corrected chi connectivity index (χ4v) is 5.15. The number of amidine groups is 2. The van der Waals surface area contributed by atoms with Crippen molar-refractivity contribution in [3.63, 3.8) is 0 Å². The Bertz CT molecular complexity index is 1470. The summed E-state index contributed by atoms with van der Waals surface area (Å²) in [7, 11) is 0. The molecule has 0 radical (unpaired) electrons. The standard InChI is InChI=1S/C25H19ClFN5OS/c1-13-10-18(26)6-9-21(13)31-14(2)11-17(15(31)3)12-20-22(28)32-25(29-23(20)33)34-24(30-32)16-4-7-19(27)8-5-16/h4-12,28H,1-3H3. The molecule has 0 bridgehead atoms. The molecule has 0 atom stereocenters. The first-order chi connectivity index (χ1) is 16.2. The van der Waals surface area contributed by atoms with E-state index in [9.17, 15) is 9.18 Å². The Balaban J connectivity index is 1.51. The number of thioether (sulfide) groups is 1. The van der Waals surface area contributed by atoms with Crippen LogP contribution in [-0.2, 0) is 4.79 Å². The molecule has 9 heteroatoms. The number of amides is 1. The van der Waals surface area contributed by atoms with Crippen LogP contribution < -0.4 is 0 Å². The zero-order valence-corrected chi connectivity index (χ0v) is 20.1. The van der Waals surface area contributed by atoms with Gasteiger partial charge in [-0.25, -0.2) is 4.39 Å². The number of fused-ring (bicyclic) bond motifs is 1. The van der Waals surface area contributed by atoms with Gasteiger partial charge in [0.05, 0.1) is 5.57 Å². The molecule has 5 rings (SSSR count). The SMILES string of the molecule is Cc1cc(Cl)ccc1-n1c(C)cc(C=C2C(=N)N3N=C(c4ccc(F)cc4)SC3=NC2=O)c1C. The van der Waals surface area contributed by atoms with E-state index in [1.54, 1.807) is 18.2 Å². The summed E-state index contributed by atoms with van der Waals surface area (Å²) < 4.78 is 15.4. The quantitative estimate of drug-likeness (QED) is 0.466. The van der Waals surface area contributed by atoms with Crippen LogP contribution in [0.15, 0.2) is 64.2 Å². The first kappa shape index (κ1) is 22.3. The van der Waals surface area contributed by atoms with E-state index >= 15 is 0 Å². The van der Waals surface area contributed by atoms with Gasteiger partial charge in [-0.1, -0.05) is 11.6 Å². The van der Waals surface area contributed by atoms with Gasteiger partial charge >= 0.3 is 0 Å². The second-order valence-corrected chi connectivity index (χ2v) is 9.42. The number of halogens is 2. The van der Waals surface area contributed by atoms with Gasteiger partial charge in [0, 0.05) is 27.7 Å². The van der Waals surface area contributed by atoms with Crippen molar-refractivity contribution in [1.82, 2.24) is 9.58 Å². The summed E-state index contributed by atoms with van der Waals surface area (Å²) in [5.41, 5.74) is 5.60. The number of aryl methyl sites for hydroxylation is 2. The van der Waals surface area contributed by atoms with Crippen molar-refractivity contribution in [2.24, 2.45) is 10.1 Å². The van der Waals surface area contributed by atoms with Crippen LogP contribution in [0.2, 0.25) is 5.02 Å². The number of aliphatic imine (C=N–C) groups is 1. The van der Waals surface area contributed by atoms with Gasteiger partial charge in [0.1, 0.15) is 10.9 Å². The van der Waals surface area contributed by atoms with E-state index in [2.05, 4.69) is 14.7 Å². The summed E-state index contributed by atoms with van der Waals surface area (Å²) in [6.45, 7) is 5.95. The zero-order chi connectivity index (χ0) is 24.1. The minimum Gasteiger partial charge on any atom is -0.318 e. The lowest BCUT2D eigenvalue weighted by Crippen LogP contribution is -2.35. The van der Waals surface area contributed by atoms with Crippen LogP contribution in [0.1, 0.15) is 28.1 Å². The predicted molar refractivity (Wildman–Crippen MR) is 136 cm³/mol. The Morgan fingerprint density at radius 2 is 1.82 bits per heavy atom. The number of carbonyl (C=O) groups is 1. The molecular weight excluding hydrogens is 473 g/mol. The molecule has 0 unspecified atom stereocenters. The Labute approximate surface area is 205 Å². The minimum atomic E-state index is -0.494. The van der Waals surface area contributed by atoms with Crippen molar-refractivity contribution >= 4 is 51.4 Å². The minimum absolute atomic E-state index is 0.0490. The Morgan fingerprint density at radius 3 is 2.53 bits per heavy atom. The lowest BCUT2D eigenvalue weighted by molar-refractivity contribution is -0.114. The van der Waals surface area contributed by atoms with Crippen LogP contribution in [-0.4, -0.2) is 31.5 Å². The van der Waals surface area contributed by atoms with E-state index in [4.69, 9.17) is 17.0 Å². The lowest BCUT2D eigenvalue weighted by Gasteiger charge is -2.20. The highest BCUT2D eigenvalue weighted by molar-refractivity contribution is 8.27. The van der Waals surface area contributed by atoms with Crippen LogP contribution in [0.25, 0.3) is 11.8 Å². The number of hydrogen-bond acceptors (Lipinski definition) is 4. The smallest absolute Gasteiger partial charge is 0.283 e. The number of rotatable bonds is 3. The summed E-state index contributed by atoms with van der Waals surface area (Å²) in [5, 5.41) is 16.0. The Morgan fingerprint density at radius 1 is 1.09 bits per heavy atom. The first-order valence-corrected chi connectivity index (χ1v) is 11.6. The topological polar surface area (TPSA) is 73.8 Å². The zero-order valence-electron chi connectivity index (χ0n) is 18.6. The van der Waals surface area contributed by atoms with Crippen molar-refractivity contribution in [2.75, 3.05) is 0 Å². The molecule has 0 fully saturated rings. The van der Waals surface area contributed by atoms with Gasteiger partial charge in [0.2, 0.25) is 5.17 Å². The van der Waals surface area contributed by atoms with Crippen LogP contribution >= 0.6 is 23.4 Å². The molecule has 1 amide bonds. The maximum Gasteiger partial charge on any atom is 0.283 e. The maximum atomic E-state index is 13.3. The lowest BCUT2D eigenvalue weighted by atomic mass is 10.1. The number of benzene rings is 2.